The minimum absolute atomic E-state index is 0.0536. The van der Waals surface area contributed by atoms with Gasteiger partial charge in [-0.3, -0.25) is 0 Å². The van der Waals surface area contributed by atoms with E-state index in [0.717, 1.165) is 34.0 Å². The van der Waals surface area contributed by atoms with Crippen LogP contribution in [0.5, 0.6) is 5.75 Å². The number of halogens is 3. The van der Waals surface area contributed by atoms with Crippen LogP contribution in [0, 0.1) is 6.92 Å². The second-order valence-electron chi connectivity index (χ2n) is 7.33. The lowest BCUT2D eigenvalue weighted by Gasteiger charge is -2.18. The Morgan fingerprint density at radius 3 is 2.50 bits per heavy atom. The number of thioether (sulfide) groups is 1. The fraction of sp³-hybridized carbons (Fsp3) is 0.348. The maximum absolute atomic E-state index is 12.8. The van der Waals surface area contributed by atoms with Gasteiger partial charge < -0.3 is 19.9 Å². The number of aryl methyl sites for hydroxylation is 1. The number of rotatable bonds is 8. The fourth-order valence-corrected chi connectivity index (χ4v) is 4.43. The molecule has 0 saturated carbocycles. The van der Waals surface area contributed by atoms with Crippen LogP contribution < -0.4 is 10.1 Å². The first kappa shape index (κ1) is 23.8. The van der Waals surface area contributed by atoms with Crippen molar-refractivity contribution in [2.24, 2.45) is 0 Å². The highest BCUT2D eigenvalue weighted by atomic mass is 32.2. The molecule has 0 bridgehead atoms. The molecule has 2 N–H and O–H groups in total. The molecule has 32 heavy (non-hydrogen) atoms. The van der Waals surface area contributed by atoms with Gasteiger partial charge in [0.15, 0.2) is 12.8 Å². The third-order valence-corrected chi connectivity index (χ3v) is 6.02. The summed E-state index contributed by atoms with van der Waals surface area (Å²) in [6.07, 6.45) is -4.23. The molecule has 0 saturated heterocycles. The van der Waals surface area contributed by atoms with Gasteiger partial charge in [0.25, 0.3) is 0 Å². The van der Waals surface area contributed by atoms with Crippen molar-refractivity contribution in [1.82, 2.24) is 5.32 Å². The highest BCUT2D eigenvalue weighted by Gasteiger charge is 2.32. The van der Waals surface area contributed by atoms with Crippen molar-refractivity contribution >= 4 is 17.7 Å². The quantitative estimate of drug-likeness (QED) is 0.472. The van der Waals surface area contributed by atoms with E-state index >= 15 is 0 Å². The molecule has 0 radical (unpaired) electrons. The van der Waals surface area contributed by atoms with Crippen LogP contribution in [0.3, 0.4) is 0 Å². The molecule has 1 aliphatic heterocycles. The molecule has 0 spiro atoms. The highest BCUT2D eigenvalue weighted by Crippen LogP contribution is 2.38. The van der Waals surface area contributed by atoms with Gasteiger partial charge in [-0.2, -0.15) is 13.2 Å². The second-order valence-corrected chi connectivity index (χ2v) is 8.74. The molecular weight excluding hydrogens is 443 g/mol. The zero-order valence-electron chi connectivity index (χ0n) is 17.8. The van der Waals surface area contributed by atoms with Gasteiger partial charge >= 0.3 is 12.1 Å². The van der Waals surface area contributed by atoms with Crippen molar-refractivity contribution in [3.8, 4) is 5.75 Å². The topological polar surface area (TPSA) is 67.8 Å². The number of allylic oxidation sites excluding steroid dienone is 1. The molecule has 1 aliphatic rings. The molecule has 2 aromatic carbocycles. The third-order valence-electron chi connectivity index (χ3n) is 4.92. The summed E-state index contributed by atoms with van der Waals surface area (Å²) in [4.78, 5) is 11.6. The van der Waals surface area contributed by atoms with Gasteiger partial charge in [-0.05, 0) is 56.2 Å². The summed E-state index contributed by atoms with van der Waals surface area (Å²) in [5.41, 5.74) is 1.65. The van der Waals surface area contributed by atoms with Crippen LogP contribution in [0.2, 0.25) is 0 Å². The van der Waals surface area contributed by atoms with Crippen molar-refractivity contribution in [3.63, 3.8) is 0 Å². The van der Waals surface area contributed by atoms with Crippen molar-refractivity contribution in [1.29, 1.82) is 0 Å². The van der Waals surface area contributed by atoms with E-state index in [4.69, 9.17) is 14.6 Å². The predicted molar refractivity (Wildman–Crippen MR) is 115 cm³/mol. The summed E-state index contributed by atoms with van der Waals surface area (Å²) in [6.45, 7) is 5.42. The highest BCUT2D eigenvalue weighted by molar-refractivity contribution is 8.00. The maximum Gasteiger partial charge on any atom is 0.416 e. The van der Waals surface area contributed by atoms with Gasteiger partial charge in [0.05, 0.1) is 16.5 Å². The van der Waals surface area contributed by atoms with Crippen molar-refractivity contribution < 1.29 is 32.5 Å². The number of hydrogen-bond donors (Lipinski definition) is 2. The van der Waals surface area contributed by atoms with E-state index in [2.05, 4.69) is 5.32 Å². The van der Waals surface area contributed by atoms with Gasteiger partial charge in [0.2, 0.25) is 0 Å². The van der Waals surface area contributed by atoms with E-state index in [-0.39, 0.29) is 5.25 Å². The standard InChI is InChI=1S/C23H24F3NO4S/c1-4-18-21(31-22(27-18)15-5-7-16(8-6-15)23(24,25)26)14(3)32-17-9-10-19(13(2)11-17)30-12-20(28)29/h5-11,14,22,27H,4,12H2,1-3H3,(H,28,29). The van der Waals surface area contributed by atoms with Crippen molar-refractivity contribution in [2.75, 3.05) is 6.61 Å². The number of aliphatic carboxylic acids is 1. The monoisotopic (exact) mass is 467 g/mol. The van der Waals surface area contributed by atoms with E-state index < -0.39 is 30.5 Å². The minimum atomic E-state index is -4.38. The van der Waals surface area contributed by atoms with Crippen LogP contribution >= 0.6 is 11.8 Å². The number of ether oxygens (including phenoxy) is 2. The number of carboxylic acid groups (broad SMARTS) is 1. The largest absolute Gasteiger partial charge is 0.482 e. The normalized spacial score (nSPS) is 17.0. The molecule has 2 atom stereocenters. The molecule has 2 aromatic rings. The summed E-state index contributed by atoms with van der Waals surface area (Å²) in [6, 6.07) is 10.5. The lowest BCUT2D eigenvalue weighted by Crippen LogP contribution is -2.15. The Hall–Kier alpha value is -2.81. The van der Waals surface area contributed by atoms with Gasteiger partial charge in [0, 0.05) is 10.5 Å². The second kappa shape index (κ2) is 9.77. The van der Waals surface area contributed by atoms with Crippen LogP contribution in [0.1, 0.15) is 43.2 Å². The van der Waals surface area contributed by atoms with Crippen LogP contribution in [0.4, 0.5) is 13.2 Å². The van der Waals surface area contributed by atoms with Crippen LogP contribution in [0.25, 0.3) is 0 Å². The molecule has 2 unspecified atom stereocenters. The zero-order valence-corrected chi connectivity index (χ0v) is 18.6. The zero-order chi connectivity index (χ0) is 23.5. The Morgan fingerprint density at radius 2 is 1.94 bits per heavy atom. The number of benzene rings is 2. The van der Waals surface area contributed by atoms with Crippen LogP contribution in [0.15, 0.2) is 58.8 Å². The number of carboxylic acids is 1. The molecule has 0 fully saturated rings. The number of alkyl halides is 3. The van der Waals surface area contributed by atoms with E-state index in [1.807, 2.05) is 32.9 Å². The predicted octanol–water partition coefficient (Wildman–Crippen LogP) is 5.90. The summed E-state index contributed by atoms with van der Waals surface area (Å²) in [5, 5.41) is 12.0. The molecular formula is C23H24F3NO4S. The first-order valence-electron chi connectivity index (χ1n) is 10.0. The average Bonchev–Trinajstić information content (AvgIpc) is 3.17. The van der Waals surface area contributed by atoms with E-state index in [1.54, 1.807) is 17.8 Å². The lowest BCUT2D eigenvalue weighted by atomic mass is 10.1. The SMILES string of the molecule is CCC1=C(C(C)Sc2ccc(OCC(=O)O)c(C)c2)OC(c2ccc(C(F)(F)F)cc2)N1. The Balaban J connectivity index is 1.69. The van der Waals surface area contributed by atoms with Gasteiger partial charge in [-0.1, -0.05) is 19.1 Å². The Morgan fingerprint density at radius 1 is 1.25 bits per heavy atom. The van der Waals surface area contributed by atoms with Gasteiger partial charge in [0.1, 0.15) is 11.5 Å². The molecule has 0 aliphatic carbocycles. The van der Waals surface area contributed by atoms with Crippen LogP contribution in [-0.4, -0.2) is 22.9 Å². The minimum Gasteiger partial charge on any atom is -0.482 e. The summed E-state index contributed by atoms with van der Waals surface area (Å²) >= 11 is 1.57. The fourth-order valence-electron chi connectivity index (χ4n) is 3.33. The van der Waals surface area contributed by atoms with E-state index in [1.165, 1.54) is 12.1 Å². The summed E-state index contributed by atoms with van der Waals surface area (Å²) in [5.74, 6) is 0.231. The first-order chi connectivity index (χ1) is 15.1. The number of hydrogen-bond acceptors (Lipinski definition) is 5. The molecule has 172 valence electrons. The van der Waals surface area contributed by atoms with Crippen molar-refractivity contribution in [2.45, 2.75) is 49.7 Å². The van der Waals surface area contributed by atoms with Crippen molar-refractivity contribution in [3.05, 3.63) is 70.6 Å². The Kier molecular flexibility index (Phi) is 7.28. The Bertz CT molecular complexity index is 1010. The lowest BCUT2D eigenvalue weighted by molar-refractivity contribution is -0.139. The summed E-state index contributed by atoms with van der Waals surface area (Å²) in [7, 11) is 0. The van der Waals surface area contributed by atoms with Gasteiger partial charge in [-0.15, -0.1) is 11.8 Å². The number of nitrogens with one attached hydrogen (secondary N) is 1. The molecule has 9 heteroatoms. The third kappa shape index (κ3) is 5.70. The Labute approximate surface area is 188 Å². The molecule has 0 aromatic heterocycles. The molecule has 1 heterocycles. The smallest absolute Gasteiger partial charge is 0.416 e. The maximum atomic E-state index is 12.8. The first-order valence-corrected chi connectivity index (χ1v) is 10.9. The summed E-state index contributed by atoms with van der Waals surface area (Å²) < 4.78 is 49.9. The van der Waals surface area contributed by atoms with E-state index in [0.29, 0.717) is 17.7 Å². The van der Waals surface area contributed by atoms with E-state index in [9.17, 15) is 18.0 Å². The number of carbonyl (C=O) groups is 1. The van der Waals surface area contributed by atoms with Gasteiger partial charge in [-0.25, -0.2) is 4.79 Å². The molecule has 5 nitrogen and oxygen atoms in total. The van der Waals surface area contributed by atoms with Crippen LogP contribution in [-0.2, 0) is 15.7 Å². The average molecular weight is 468 g/mol. The molecule has 0 amide bonds. The molecule has 3 rings (SSSR count).